The molecule has 3 fully saturated rings. The summed E-state index contributed by atoms with van der Waals surface area (Å²) in [6, 6.07) is -0.457. The Hall–Kier alpha value is -0.900. The molecule has 3 saturated carbocycles. The van der Waals surface area contributed by atoms with Crippen molar-refractivity contribution in [1.29, 1.82) is 0 Å². The molecule has 2 amide bonds. The van der Waals surface area contributed by atoms with Crippen LogP contribution < -0.4 is 22.1 Å². The summed E-state index contributed by atoms with van der Waals surface area (Å²) >= 11 is 0. The minimum Gasteiger partial charge on any atom is -0.446 e. The van der Waals surface area contributed by atoms with Crippen LogP contribution >= 0.6 is 21.6 Å². The molecule has 0 radical (unpaired) electrons. The van der Waals surface area contributed by atoms with Crippen LogP contribution in [0.3, 0.4) is 0 Å². The number of carbonyl (C=O) groups is 2. The third-order valence-electron chi connectivity index (χ3n) is 12.4. The molecule has 0 saturated heterocycles. The number of ether oxygens (including phenoxy) is 1. The van der Waals surface area contributed by atoms with Gasteiger partial charge in [0, 0.05) is 31.0 Å². The van der Waals surface area contributed by atoms with E-state index in [-0.39, 0.29) is 23.5 Å². The zero-order chi connectivity index (χ0) is 33.2. The molecule has 4 aliphatic rings. The first-order valence-electron chi connectivity index (χ1n) is 18.7. The molecule has 0 bridgehead atoms. The second-order valence-electron chi connectivity index (χ2n) is 15.8. The quantitative estimate of drug-likeness (QED) is 0.0663. The fraction of sp³-hybridized carbons (Fsp3) is 0.892. The first-order chi connectivity index (χ1) is 22.1. The summed E-state index contributed by atoms with van der Waals surface area (Å²) < 4.78 is 5.94. The predicted octanol–water partition coefficient (Wildman–Crippen LogP) is 7.83. The van der Waals surface area contributed by atoms with E-state index in [0.29, 0.717) is 31.5 Å². The molecule has 46 heavy (non-hydrogen) atoms. The smallest absolute Gasteiger partial charge is 0.407 e. The number of rotatable bonds is 18. The van der Waals surface area contributed by atoms with Gasteiger partial charge in [-0.1, -0.05) is 86.6 Å². The van der Waals surface area contributed by atoms with E-state index < -0.39 is 6.04 Å². The van der Waals surface area contributed by atoms with Crippen molar-refractivity contribution >= 4 is 33.6 Å². The fourth-order valence-corrected chi connectivity index (χ4v) is 11.6. The zero-order valence-electron chi connectivity index (χ0n) is 29.5. The van der Waals surface area contributed by atoms with Crippen molar-refractivity contribution < 1.29 is 14.3 Å². The first kappa shape index (κ1) is 37.9. The molecule has 4 aliphatic carbocycles. The Balaban J connectivity index is 1.13. The lowest BCUT2D eigenvalue weighted by molar-refractivity contribution is -0.122. The predicted molar refractivity (Wildman–Crippen MR) is 196 cm³/mol. The van der Waals surface area contributed by atoms with Crippen molar-refractivity contribution in [3.8, 4) is 0 Å². The molecule has 0 aliphatic heterocycles. The molecular formula is C37H66N4O3S2. The van der Waals surface area contributed by atoms with Gasteiger partial charge in [-0.25, -0.2) is 4.79 Å². The van der Waals surface area contributed by atoms with Gasteiger partial charge in [0.15, 0.2) is 0 Å². The lowest BCUT2D eigenvalue weighted by Gasteiger charge is -2.58. The average Bonchev–Trinajstić information content (AvgIpc) is 3.36. The summed E-state index contributed by atoms with van der Waals surface area (Å²) in [6.07, 6.45) is 20.3. The number of amides is 2. The van der Waals surface area contributed by atoms with Crippen molar-refractivity contribution in [3.63, 3.8) is 0 Å². The van der Waals surface area contributed by atoms with Crippen LogP contribution in [0.2, 0.25) is 0 Å². The molecule has 6 N–H and O–H groups in total. The third-order valence-corrected chi connectivity index (χ3v) is 14.8. The van der Waals surface area contributed by atoms with Gasteiger partial charge < -0.3 is 26.8 Å². The third kappa shape index (κ3) is 9.84. The lowest BCUT2D eigenvalue weighted by atomic mass is 9.47. The number of alkyl carbamates (subject to hydrolysis) is 1. The van der Waals surface area contributed by atoms with Gasteiger partial charge >= 0.3 is 6.09 Å². The number of carbonyl (C=O) groups excluding carboxylic acids is 2. The number of fused-ring (bicyclic) bond motifs is 5. The maximum absolute atomic E-state index is 12.6. The Morgan fingerprint density at radius 3 is 2.43 bits per heavy atom. The Labute approximate surface area is 288 Å². The van der Waals surface area contributed by atoms with Crippen LogP contribution in [-0.2, 0) is 9.53 Å². The minimum absolute atomic E-state index is 0.0150. The Kier molecular flexibility index (Phi) is 15.0. The number of nitrogens with one attached hydrogen (secondary N) is 2. The molecule has 0 aromatic carbocycles. The summed E-state index contributed by atoms with van der Waals surface area (Å²) in [6.45, 7) is 11.7. The number of nitrogens with two attached hydrogens (primary N) is 2. The van der Waals surface area contributed by atoms with E-state index in [9.17, 15) is 9.59 Å². The van der Waals surface area contributed by atoms with Crippen LogP contribution in [0, 0.1) is 40.4 Å². The standard InChI is InChI=1S/C37H66N4O3S2/c1-26(2)9-5-6-10-27-13-15-31-30-14-12-28-25-29(16-18-37(28,4)32(30)17-19-36(27,31)3)44-35(43)41-22-24-46-45-23-21-40-34(42)33(39)11-7-8-20-38/h12,26-27,29-33H,5-11,13-25,38-39H2,1-4H3,(H,40,42)(H,41,43). The van der Waals surface area contributed by atoms with E-state index in [4.69, 9.17) is 16.2 Å². The molecule has 8 unspecified atom stereocenters. The van der Waals surface area contributed by atoms with Gasteiger partial charge in [-0.05, 0) is 111 Å². The number of allylic oxidation sites excluding steroid dienone is 1. The van der Waals surface area contributed by atoms with Crippen molar-refractivity contribution in [2.24, 2.45) is 51.9 Å². The van der Waals surface area contributed by atoms with Crippen LogP contribution in [0.25, 0.3) is 0 Å². The van der Waals surface area contributed by atoms with E-state index in [2.05, 4.69) is 44.4 Å². The number of hydrogen-bond donors (Lipinski definition) is 4. The van der Waals surface area contributed by atoms with Crippen molar-refractivity contribution in [1.82, 2.24) is 10.6 Å². The van der Waals surface area contributed by atoms with Gasteiger partial charge in [-0.2, -0.15) is 0 Å². The summed E-state index contributed by atoms with van der Waals surface area (Å²) in [7, 11) is 3.39. The fourth-order valence-electron chi connectivity index (χ4n) is 9.75. The van der Waals surface area contributed by atoms with Gasteiger partial charge in [0.1, 0.15) is 6.10 Å². The highest BCUT2D eigenvalue weighted by molar-refractivity contribution is 8.76. The lowest BCUT2D eigenvalue weighted by Crippen LogP contribution is -2.50. The molecule has 8 atom stereocenters. The second-order valence-corrected chi connectivity index (χ2v) is 18.5. The molecule has 7 nitrogen and oxygen atoms in total. The van der Waals surface area contributed by atoms with Crippen LogP contribution in [0.1, 0.15) is 124 Å². The normalized spacial score (nSPS) is 32.6. The highest BCUT2D eigenvalue weighted by Gasteiger charge is 2.58. The summed E-state index contributed by atoms with van der Waals surface area (Å²) in [5.41, 5.74) is 13.8. The van der Waals surface area contributed by atoms with Crippen LogP contribution in [0.4, 0.5) is 4.79 Å². The second kappa shape index (κ2) is 18.2. The van der Waals surface area contributed by atoms with E-state index >= 15 is 0 Å². The summed E-state index contributed by atoms with van der Waals surface area (Å²) in [4.78, 5) is 24.7. The first-order valence-corrected chi connectivity index (χ1v) is 21.2. The van der Waals surface area contributed by atoms with Crippen molar-refractivity contribution in [2.45, 2.75) is 136 Å². The minimum atomic E-state index is -0.457. The van der Waals surface area contributed by atoms with Crippen molar-refractivity contribution in [2.75, 3.05) is 31.1 Å². The van der Waals surface area contributed by atoms with E-state index in [1.807, 2.05) is 0 Å². The molecule has 9 heteroatoms. The largest absolute Gasteiger partial charge is 0.446 e. The van der Waals surface area contributed by atoms with E-state index in [1.165, 1.54) is 57.8 Å². The van der Waals surface area contributed by atoms with Crippen molar-refractivity contribution in [3.05, 3.63) is 11.6 Å². The van der Waals surface area contributed by atoms with E-state index in [1.54, 1.807) is 27.2 Å². The van der Waals surface area contributed by atoms with Gasteiger partial charge in [0.25, 0.3) is 0 Å². The zero-order valence-corrected chi connectivity index (χ0v) is 31.1. The maximum atomic E-state index is 12.6. The van der Waals surface area contributed by atoms with Gasteiger partial charge in [0.2, 0.25) is 5.91 Å². The Bertz CT molecular complexity index is 1010. The average molecular weight is 679 g/mol. The Morgan fingerprint density at radius 2 is 1.70 bits per heavy atom. The molecule has 0 spiro atoms. The number of unbranched alkanes of at least 4 members (excludes halogenated alkanes) is 2. The molecule has 0 heterocycles. The molecular weight excluding hydrogens is 613 g/mol. The molecule has 264 valence electrons. The maximum Gasteiger partial charge on any atom is 0.407 e. The summed E-state index contributed by atoms with van der Waals surface area (Å²) in [5.74, 6) is 5.78. The van der Waals surface area contributed by atoms with E-state index in [0.717, 1.165) is 73.2 Å². The highest BCUT2D eigenvalue weighted by Crippen LogP contribution is 2.66. The van der Waals surface area contributed by atoms with Gasteiger partial charge in [-0.3, -0.25) is 4.79 Å². The Morgan fingerprint density at radius 1 is 0.957 bits per heavy atom. The molecule has 0 aromatic heterocycles. The van der Waals surface area contributed by atoms with Crippen LogP contribution in [0.15, 0.2) is 11.6 Å². The van der Waals surface area contributed by atoms with Crippen LogP contribution in [-0.4, -0.2) is 55.3 Å². The monoisotopic (exact) mass is 678 g/mol. The number of hydrogen-bond acceptors (Lipinski definition) is 7. The van der Waals surface area contributed by atoms with Gasteiger partial charge in [0.05, 0.1) is 6.04 Å². The highest BCUT2D eigenvalue weighted by atomic mass is 33.1. The SMILES string of the molecule is CC(C)CCCCC1CCC2C3CC=C4CC(OC(=O)NCCSSCCNC(=O)C(N)CCCCN)CCC4(C)C3CCC12C. The summed E-state index contributed by atoms with van der Waals surface area (Å²) in [5, 5.41) is 5.85. The topological polar surface area (TPSA) is 119 Å². The van der Waals surface area contributed by atoms with Crippen LogP contribution in [0.5, 0.6) is 0 Å². The molecule has 0 aromatic rings. The van der Waals surface area contributed by atoms with Gasteiger partial charge in [-0.15, -0.1) is 0 Å². The molecule has 4 rings (SSSR count).